The van der Waals surface area contributed by atoms with Gasteiger partial charge in [0.2, 0.25) is 0 Å². The molecule has 4 aliphatic carbocycles. The molecule has 4 rings (SSSR count). The third-order valence-corrected chi connectivity index (χ3v) is 10.2. The summed E-state index contributed by atoms with van der Waals surface area (Å²) in [7, 11) is 0. The normalized spacial score (nSPS) is 36.7. The Kier molecular flexibility index (Phi) is 5.90. The number of hydrogen-bond acceptors (Lipinski definition) is 3. The van der Waals surface area contributed by atoms with Gasteiger partial charge in [0.1, 0.15) is 5.78 Å². The highest BCUT2D eigenvalue weighted by Gasteiger charge is 2.61. The third kappa shape index (κ3) is 3.51. The molecule has 0 unspecified atom stereocenters. The highest BCUT2D eigenvalue weighted by molar-refractivity contribution is 5.98. The summed E-state index contributed by atoms with van der Waals surface area (Å²) in [6, 6.07) is 0. The average molecular weight is 453 g/mol. The minimum atomic E-state index is -1.04. The molecule has 0 aliphatic heterocycles. The van der Waals surface area contributed by atoms with Crippen LogP contribution in [0, 0.1) is 34.0 Å². The summed E-state index contributed by atoms with van der Waals surface area (Å²) < 4.78 is 0. The molecule has 2 fully saturated rings. The molecule has 0 amide bonds. The molecule has 0 heterocycles. The van der Waals surface area contributed by atoms with Crippen molar-refractivity contribution in [1.82, 2.24) is 0 Å². The molecule has 4 aliphatic rings. The van der Waals surface area contributed by atoms with Crippen LogP contribution in [-0.4, -0.2) is 22.6 Å². The van der Waals surface area contributed by atoms with Crippen LogP contribution >= 0.6 is 0 Å². The van der Waals surface area contributed by atoms with Gasteiger partial charge in [-0.05, 0) is 81.1 Å². The van der Waals surface area contributed by atoms with Crippen LogP contribution in [0.1, 0.15) is 92.4 Å². The number of hydrogen-bond donors (Lipinski definition) is 1. The summed E-state index contributed by atoms with van der Waals surface area (Å²) in [5.74, 6) is 0.240. The molecule has 0 bridgehead atoms. The first-order chi connectivity index (χ1) is 15.4. The number of carboxylic acid groups (broad SMARTS) is 1. The van der Waals surface area contributed by atoms with E-state index < -0.39 is 5.97 Å². The van der Waals surface area contributed by atoms with Crippen molar-refractivity contribution < 1.29 is 19.5 Å². The van der Waals surface area contributed by atoms with Gasteiger partial charge in [-0.3, -0.25) is 9.59 Å². The van der Waals surface area contributed by atoms with Crippen molar-refractivity contribution in [2.45, 2.75) is 92.4 Å². The molecule has 0 aromatic heterocycles. The zero-order valence-electron chi connectivity index (χ0n) is 21.1. The second kappa shape index (κ2) is 8.06. The molecule has 1 N–H and O–H groups in total. The predicted molar refractivity (Wildman–Crippen MR) is 130 cm³/mol. The number of aliphatic carboxylic acids is 1. The molecule has 5 atom stereocenters. The summed E-state index contributed by atoms with van der Waals surface area (Å²) >= 11 is 0. The van der Waals surface area contributed by atoms with E-state index in [1.165, 1.54) is 18.6 Å². The van der Waals surface area contributed by atoms with E-state index in [-0.39, 0.29) is 33.5 Å². The van der Waals surface area contributed by atoms with Crippen LogP contribution in [-0.2, 0) is 14.4 Å². The molecule has 2 saturated carbocycles. The molecule has 0 aromatic carbocycles. The first-order valence-corrected chi connectivity index (χ1v) is 12.7. The molecule has 1 spiro atoms. The van der Waals surface area contributed by atoms with Gasteiger partial charge in [-0.2, -0.15) is 0 Å². The minimum Gasteiger partial charge on any atom is -0.478 e. The van der Waals surface area contributed by atoms with E-state index in [0.29, 0.717) is 30.5 Å². The lowest BCUT2D eigenvalue weighted by atomic mass is 9.49. The SMILES string of the molecule is C=C1CC[C@@H]([C@H](C)CC(=O)/C=C(\C)C(=O)O)[C@@]12CCC1=C2CC[C@H]2C(C)(C)C(=O)CC[C@]12C. The first-order valence-electron chi connectivity index (χ1n) is 12.7. The number of ketones is 2. The van der Waals surface area contributed by atoms with Crippen molar-refractivity contribution in [2.24, 2.45) is 34.0 Å². The number of Topliss-reactive ketones (excluding diaryl/α,β-unsaturated/α-hetero) is 1. The monoisotopic (exact) mass is 452 g/mol. The molecule has 4 nitrogen and oxygen atoms in total. The maximum absolute atomic E-state index is 12.8. The van der Waals surface area contributed by atoms with Crippen molar-refractivity contribution in [3.8, 4) is 0 Å². The predicted octanol–water partition coefficient (Wildman–Crippen LogP) is 6.46. The van der Waals surface area contributed by atoms with E-state index in [0.717, 1.165) is 44.9 Å². The van der Waals surface area contributed by atoms with E-state index in [1.807, 2.05) is 0 Å². The second-order valence-electron chi connectivity index (χ2n) is 12.1. The highest BCUT2D eigenvalue weighted by atomic mass is 16.4. The smallest absolute Gasteiger partial charge is 0.331 e. The number of allylic oxidation sites excluding steroid dienone is 4. The summed E-state index contributed by atoms with van der Waals surface area (Å²) in [5, 5.41) is 9.12. The fourth-order valence-electron chi connectivity index (χ4n) is 8.54. The van der Waals surface area contributed by atoms with Gasteiger partial charge in [-0.15, -0.1) is 0 Å². The average Bonchev–Trinajstić information content (AvgIpc) is 3.28. The Bertz CT molecular complexity index is 980. The van der Waals surface area contributed by atoms with Crippen LogP contribution in [0.2, 0.25) is 0 Å². The molecule has 33 heavy (non-hydrogen) atoms. The standard InChI is InChI=1S/C29H40O4/c1-17(15-20(30)16-18(2)26(32)33)21-8-7-19(3)29(21)14-11-22-23(29)9-10-24-27(4,5)25(31)12-13-28(22,24)6/h16-17,21,24H,3,7-15H2,1-2,4-6H3,(H,32,33)/b18-16+/t17-,21+,24+,28-,29-/m1/s1. The molecule has 180 valence electrons. The van der Waals surface area contributed by atoms with Gasteiger partial charge in [0.15, 0.2) is 5.78 Å². The Morgan fingerprint density at radius 1 is 1.09 bits per heavy atom. The number of carbonyl (C=O) groups excluding carboxylic acids is 2. The molecular formula is C29H40O4. The third-order valence-electron chi connectivity index (χ3n) is 10.2. The minimum absolute atomic E-state index is 0.0137. The lowest BCUT2D eigenvalue weighted by molar-refractivity contribution is -0.139. The van der Waals surface area contributed by atoms with Gasteiger partial charge < -0.3 is 5.11 Å². The topological polar surface area (TPSA) is 71.4 Å². The van der Waals surface area contributed by atoms with Crippen LogP contribution in [0.15, 0.2) is 34.9 Å². The quantitative estimate of drug-likeness (QED) is 0.384. The molecule has 0 radical (unpaired) electrons. The Labute approximate surface area is 198 Å². The zero-order valence-corrected chi connectivity index (χ0v) is 21.1. The summed E-state index contributed by atoms with van der Waals surface area (Å²) in [6.45, 7) is 14.9. The van der Waals surface area contributed by atoms with Crippen molar-refractivity contribution in [2.75, 3.05) is 0 Å². The molecule has 0 aromatic rings. The first kappa shape index (κ1) is 24.2. The van der Waals surface area contributed by atoms with Crippen molar-refractivity contribution in [3.05, 3.63) is 34.9 Å². The van der Waals surface area contributed by atoms with Gasteiger partial charge >= 0.3 is 5.97 Å². The van der Waals surface area contributed by atoms with E-state index in [2.05, 4.69) is 34.3 Å². The number of rotatable bonds is 5. The van der Waals surface area contributed by atoms with Crippen LogP contribution < -0.4 is 0 Å². The van der Waals surface area contributed by atoms with Crippen molar-refractivity contribution >= 4 is 17.5 Å². The van der Waals surface area contributed by atoms with Gasteiger partial charge in [-0.1, -0.05) is 51.0 Å². The maximum Gasteiger partial charge on any atom is 0.331 e. The van der Waals surface area contributed by atoms with Crippen LogP contribution in [0.5, 0.6) is 0 Å². The van der Waals surface area contributed by atoms with Crippen molar-refractivity contribution in [1.29, 1.82) is 0 Å². The number of fused-ring (bicyclic) bond motifs is 3. The van der Waals surface area contributed by atoms with E-state index in [1.54, 1.807) is 11.1 Å². The van der Waals surface area contributed by atoms with Gasteiger partial charge in [0.25, 0.3) is 0 Å². The molecule has 4 heteroatoms. The largest absolute Gasteiger partial charge is 0.478 e. The Morgan fingerprint density at radius 2 is 1.79 bits per heavy atom. The second-order valence-corrected chi connectivity index (χ2v) is 12.1. The van der Waals surface area contributed by atoms with Crippen LogP contribution in [0.4, 0.5) is 0 Å². The number of carboxylic acids is 1. The highest BCUT2D eigenvalue weighted by Crippen LogP contribution is 2.70. The lowest BCUT2D eigenvalue weighted by Crippen LogP contribution is -2.50. The van der Waals surface area contributed by atoms with Gasteiger partial charge in [0, 0.05) is 29.2 Å². The van der Waals surface area contributed by atoms with E-state index in [9.17, 15) is 14.4 Å². The van der Waals surface area contributed by atoms with Gasteiger partial charge in [-0.25, -0.2) is 4.79 Å². The molecular weight excluding hydrogens is 412 g/mol. The van der Waals surface area contributed by atoms with E-state index in [4.69, 9.17) is 5.11 Å². The Hall–Kier alpha value is -1.97. The summed E-state index contributed by atoms with van der Waals surface area (Å²) in [4.78, 5) is 36.5. The van der Waals surface area contributed by atoms with Crippen LogP contribution in [0.3, 0.4) is 0 Å². The molecule has 0 saturated heterocycles. The van der Waals surface area contributed by atoms with Crippen LogP contribution in [0.25, 0.3) is 0 Å². The van der Waals surface area contributed by atoms with Gasteiger partial charge in [0.05, 0.1) is 0 Å². The lowest BCUT2D eigenvalue weighted by Gasteiger charge is -2.54. The zero-order chi connectivity index (χ0) is 24.3. The maximum atomic E-state index is 12.8. The van der Waals surface area contributed by atoms with E-state index >= 15 is 0 Å². The summed E-state index contributed by atoms with van der Waals surface area (Å²) in [5.41, 5.74) is 4.44. The number of carbonyl (C=O) groups is 3. The Balaban J connectivity index is 1.67. The fraction of sp³-hybridized carbons (Fsp3) is 0.690. The Morgan fingerprint density at radius 3 is 2.45 bits per heavy atom. The summed E-state index contributed by atoms with van der Waals surface area (Å²) in [6.07, 6.45) is 9.64. The van der Waals surface area contributed by atoms with Crippen molar-refractivity contribution in [3.63, 3.8) is 0 Å². The fourth-order valence-corrected chi connectivity index (χ4v) is 8.54.